The maximum absolute atomic E-state index is 10.6. The minimum absolute atomic E-state index is 0.210. The molecule has 0 radical (unpaired) electrons. The van der Waals surface area contributed by atoms with Gasteiger partial charge in [-0.25, -0.2) is 0 Å². The summed E-state index contributed by atoms with van der Waals surface area (Å²) in [6.45, 7) is 2.77. The monoisotopic (exact) mass is 458 g/mol. The molecular formula is C26H26N4O4. The first-order valence-corrected chi connectivity index (χ1v) is 10.9. The third kappa shape index (κ3) is 5.86. The number of aliphatic hydroxyl groups excluding tert-OH is 1. The molecule has 8 heteroatoms. The van der Waals surface area contributed by atoms with E-state index < -0.39 is 12.1 Å². The van der Waals surface area contributed by atoms with Gasteiger partial charge in [0.05, 0.1) is 12.5 Å². The number of hydrogen-bond donors (Lipinski definition) is 4. The lowest BCUT2D eigenvalue weighted by Gasteiger charge is -2.10. The highest BCUT2D eigenvalue weighted by Gasteiger charge is 2.14. The zero-order chi connectivity index (χ0) is 23.9. The number of carbonyl (C=O) groups is 1. The van der Waals surface area contributed by atoms with Crippen LogP contribution < -0.4 is 10.6 Å². The lowest BCUT2D eigenvalue weighted by atomic mass is 9.96. The van der Waals surface area contributed by atoms with E-state index in [-0.39, 0.29) is 13.0 Å². The Morgan fingerprint density at radius 3 is 2.44 bits per heavy atom. The molecule has 1 aromatic heterocycles. The number of nitrogens with one attached hydrogen (secondary N) is 2. The van der Waals surface area contributed by atoms with Crippen molar-refractivity contribution in [3.05, 3.63) is 83.9 Å². The summed E-state index contributed by atoms with van der Waals surface area (Å²) >= 11 is 0. The fourth-order valence-electron chi connectivity index (χ4n) is 3.67. The number of aliphatic carboxylic acids is 1. The van der Waals surface area contributed by atoms with Gasteiger partial charge in [0.1, 0.15) is 0 Å². The van der Waals surface area contributed by atoms with Gasteiger partial charge in [0.15, 0.2) is 0 Å². The predicted molar refractivity (Wildman–Crippen MR) is 130 cm³/mol. The Morgan fingerprint density at radius 1 is 0.971 bits per heavy atom. The Balaban J connectivity index is 1.39. The lowest BCUT2D eigenvalue weighted by molar-refractivity contribution is -0.139. The van der Waals surface area contributed by atoms with Crippen molar-refractivity contribution >= 4 is 17.7 Å². The van der Waals surface area contributed by atoms with Crippen LogP contribution in [0.15, 0.2) is 77.2 Å². The van der Waals surface area contributed by atoms with Gasteiger partial charge in [0.2, 0.25) is 5.89 Å². The molecule has 34 heavy (non-hydrogen) atoms. The first-order chi connectivity index (χ1) is 16.5. The number of anilines is 2. The Labute approximate surface area is 197 Å². The van der Waals surface area contributed by atoms with Gasteiger partial charge in [-0.15, -0.1) is 5.10 Å². The van der Waals surface area contributed by atoms with E-state index in [1.54, 1.807) is 0 Å². The van der Waals surface area contributed by atoms with Crippen LogP contribution in [0.2, 0.25) is 0 Å². The molecule has 0 aliphatic rings. The standard InChI is InChI=1S/C26H26N4O4/c1-17-22(19-6-3-2-4-7-19)8-5-9-23(17)25-29-30-26(34-25)28-20-12-10-18(11-13-20)15-27-16-21(31)14-24(32)33/h2-13,21,27,31H,14-16H2,1H3,(H,28,30)(H,32,33)/t21-/m0/s1. The van der Waals surface area contributed by atoms with Gasteiger partial charge in [-0.05, 0) is 47.4 Å². The van der Waals surface area contributed by atoms with Crippen molar-refractivity contribution in [3.63, 3.8) is 0 Å². The van der Waals surface area contributed by atoms with Crippen LogP contribution in [0, 0.1) is 6.92 Å². The summed E-state index contributed by atoms with van der Waals surface area (Å²) in [6.07, 6.45) is -1.19. The van der Waals surface area contributed by atoms with Crippen LogP contribution in [-0.2, 0) is 11.3 Å². The molecule has 0 aliphatic heterocycles. The van der Waals surface area contributed by atoms with Crippen LogP contribution in [0.25, 0.3) is 22.6 Å². The summed E-state index contributed by atoms with van der Waals surface area (Å²) in [6, 6.07) is 24.1. The minimum atomic E-state index is -1.02. The number of rotatable bonds is 10. The molecule has 174 valence electrons. The first-order valence-electron chi connectivity index (χ1n) is 10.9. The van der Waals surface area contributed by atoms with Gasteiger partial charge >= 0.3 is 12.0 Å². The molecule has 0 unspecified atom stereocenters. The van der Waals surface area contributed by atoms with Crippen LogP contribution in [0.4, 0.5) is 11.7 Å². The Morgan fingerprint density at radius 2 is 1.71 bits per heavy atom. The fourth-order valence-corrected chi connectivity index (χ4v) is 3.67. The van der Waals surface area contributed by atoms with E-state index in [2.05, 4.69) is 39.0 Å². The number of carboxylic acid groups (broad SMARTS) is 1. The second-order valence-electron chi connectivity index (χ2n) is 7.96. The average Bonchev–Trinajstić information content (AvgIpc) is 3.28. The molecule has 0 fully saturated rings. The summed E-state index contributed by atoms with van der Waals surface area (Å²) in [5, 5.41) is 32.8. The number of aliphatic hydroxyl groups is 1. The van der Waals surface area contributed by atoms with E-state index >= 15 is 0 Å². The maximum atomic E-state index is 10.6. The molecule has 0 bridgehead atoms. The number of aromatic nitrogens is 2. The van der Waals surface area contributed by atoms with Gasteiger partial charge in [0, 0.05) is 24.3 Å². The number of benzene rings is 3. The van der Waals surface area contributed by atoms with Gasteiger partial charge in [-0.1, -0.05) is 59.7 Å². The summed E-state index contributed by atoms with van der Waals surface area (Å²) in [4.78, 5) is 10.6. The molecule has 3 aromatic carbocycles. The smallest absolute Gasteiger partial charge is 0.320 e. The van der Waals surface area contributed by atoms with Crippen molar-refractivity contribution < 1.29 is 19.4 Å². The summed E-state index contributed by atoms with van der Waals surface area (Å²) in [7, 11) is 0. The normalized spacial score (nSPS) is 11.8. The second kappa shape index (κ2) is 10.7. The van der Waals surface area contributed by atoms with E-state index in [1.807, 2.05) is 61.5 Å². The number of carboxylic acids is 1. The molecule has 4 N–H and O–H groups in total. The highest BCUT2D eigenvalue weighted by atomic mass is 16.4. The van der Waals surface area contributed by atoms with Crippen molar-refractivity contribution in [3.8, 4) is 22.6 Å². The van der Waals surface area contributed by atoms with Crippen LogP contribution in [0.3, 0.4) is 0 Å². The fraction of sp³-hybridized carbons (Fsp3) is 0.192. The highest BCUT2D eigenvalue weighted by Crippen LogP contribution is 2.32. The van der Waals surface area contributed by atoms with Crippen LogP contribution in [0.1, 0.15) is 17.5 Å². The molecule has 8 nitrogen and oxygen atoms in total. The lowest BCUT2D eigenvalue weighted by Crippen LogP contribution is -2.28. The highest BCUT2D eigenvalue weighted by molar-refractivity contribution is 5.75. The first kappa shape index (κ1) is 23.2. The van der Waals surface area contributed by atoms with Crippen LogP contribution in [-0.4, -0.2) is 39.0 Å². The van der Waals surface area contributed by atoms with E-state index in [9.17, 15) is 9.90 Å². The minimum Gasteiger partial charge on any atom is -0.481 e. The molecule has 0 amide bonds. The zero-order valence-electron chi connectivity index (χ0n) is 18.7. The second-order valence-corrected chi connectivity index (χ2v) is 7.96. The predicted octanol–water partition coefficient (Wildman–Crippen LogP) is 4.38. The average molecular weight is 459 g/mol. The number of nitrogens with zero attached hydrogens (tertiary/aromatic N) is 2. The van der Waals surface area contributed by atoms with E-state index in [1.165, 1.54) is 0 Å². The molecule has 4 aromatic rings. The number of hydrogen-bond acceptors (Lipinski definition) is 7. The van der Waals surface area contributed by atoms with Crippen LogP contribution >= 0.6 is 0 Å². The molecule has 1 atom stereocenters. The largest absolute Gasteiger partial charge is 0.481 e. The van der Waals surface area contributed by atoms with Gasteiger partial charge in [0.25, 0.3) is 0 Å². The third-order valence-electron chi connectivity index (χ3n) is 5.40. The molecule has 4 rings (SSSR count). The molecule has 0 spiro atoms. The van der Waals surface area contributed by atoms with Crippen molar-refractivity contribution in [1.29, 1.82) is 0 Å². The Bertz CT molecular complexity index is 1240. The van der Waals surface area contributed by atoms with Gasteiger partial charge in [-0.2, -0.15) is 0 Å². The van der Waals surface area contributed by atoms with Crippen molar-refractivity contribution in [2.24, 2.45) is 0 Å². The van der Waals surface area contributed by atoms with Crippen LogP contribution in [0.5, 0.6) is 0 Å². The van der Waals surface area contributed by atoms with Crippen molar-refractivity contribution in [2.45, 2.75) is 26.0 Å². The summed E-state index contributed by atoms with van der Waals surface area (Å²) in [5.41, 5.74) is 5.98. The molecule has 1 heterocycles. The quantitative estimate of drug-likeness (QED) is 0.276. The van der Waals surface area contributed by atoms with E-state index in [0.717, 1.165) is 33.5 Å². The van der Waals surface area contributed by atoms with E-state index in [4.69, 9.17) is 9.52 Å². The Kier molecular flexibility index (Phi) is 7.31. The van der Waals surface area contributed by atoms with Gasteiger partial charge < -0.3 is 25.3 Å². The zero-order valence-corrected chi connectivity index (χ0v) is 18.7. The van der Waals surface area contributed by atoms with Crippen molar-refractivity contribution in [2.75, 3.05) is 11.9 Å². The summed E-state index contributed by atoms with van der Waals surface area (Å²) < 4.78 is 5.88. The Hall–Kier alpha value is -4.01. The van der Waals surface area contributed by atoms with Crippen molar-refractivity contribution in [1.82, 2.24) is 15.5 Å². The molecule has 0 aliphatic carbocycles. The molecule has 0 saturated heterocycles. The molecular weight excluding hydrogens is 432 g/mol. The maximum Gasteiger partial charge on any atom is 0.320 e. The topological polar surface area (TPSA) is 121 Å². The SMILES string of the molecule is Cc1c(-c2ccccc2)cccc1-c1nnc(Nc2ccc(CNC[C@@H](O)CC(=O)O)cc2)o1. The third-order valence-corrected chi connectivity index (χ3v) is 5.40. The van der Waals surface area contributed by atoms with E-state index in [0.29, 0.717) is 18.5 Å². The molecule has 0 saturated carbocycles. The summed E-state index contributed by atoms with van der Waals surface area (Å²) in [5.74, 6) is -0.577. The van der Waals surface area contributed by atoms with Gasteiger partial charge in [-0.3, -0.25) is 4.79 Å².